The second-order valence-electron chi connectivity index (χ2n) is 12.8. The number of amides is 2. The largest absolute Gasteiger partial charge is 0.496 e. The maximum Gasteiger partial charge on any atom is 0.419 e. The van der Waals surface area contributed by atoms with E-state index in [1.54, 1.807) is 0 Å². The Kier molecular flexibility index (Phi) is 7.02. The van der Waals surface area contributed by atoms with E-state index in [0.29, 0.717) is 47.1 Å². The van der Waals surface area contributed by atoms with Crippen LogP contribution < -0.4 is 15.4 Å². The number of halogens is 4. The van der Waals surface area contributed by atoms with Crippen molar-refractivity contribution in [3.05, 3.63) is 70.6 Å². The van der Waals surface area contributed by atoms with Crippen LogP contribution in [0.1, 0.15) is 59.5 Å². The number of anilines is 1. The van der Waals surface area contributed by atoms with Crippen molar-refractivity contribution in [2.24, 2.45) is 35.5 Å². The van der Waals surface area contributed by atoms with Crippen LogP contribution in [0.5, 0.6) is 5.75 Å². The Morgan fingerprint density at radius 1 is 1.00 bits per heavy atom. The number of hydrogen-bond donors (Lipinski definition) is 2. The Hall–Kier alpha value is -3.40. The van der Waals surface area contributed by atoms with E-state index in [1.807, 2.05) is 18.2 Å². The average Bonchev–Trinajstić information content (AvgIpc) is 3.50. The van der Waals surface area contributed by atoms with Crippen molar-refractivity contribution in [3.63, 3.8) is 0 Å². The molecule has 6 nitrogen and oxygen atoms in total. The molecule has 4 aliphatic carbocycles. The number of ether oxygens (including phenoxy) is 2. The van der Waals surface area contributed by atoms with E-state index in [2.05, 4.69) is 16.7 Å². The minimum absolute atomic E-state index is 0.0403. The molecule has 2 amide bonds. The molecule has 1 saturated heterocycles. The highest BCUT2D eigenvalue weighted by Gasteiger charge is 2.55. The van der Waals surface area contributed by atoms with Gasteiger partial charge in [0.05, 0.1) is 30.8 Å². The number of carbonyl (C=O) groups is 2. The highest BCUT2D eigenvalue weighted by molar-refractivity contribution is 5.99. The van der Waals surface area contributed by atoms with Crippen LogP contribution in [0.25, 0.3) is 0 Å². The summed E-state index contributed by atoms with van der Waals surface area (Å²) in [5.41, 5.74) is 1.04. The Morgan fingerprint density at radius 3 is 2.51 bits per heavy atom. The van der Waals surface area contributed by atoms with E-state index in [-0.39, 0.29) is 23.4 Å². The summed E-state index contributed by atoms with van der Waals surface area (Å²) in [7, 11) is 1.51. The zero-order valence-corrected chi connectivity index (χ0v) is 23.8. The highest BCUT2D eigenvalue weighted by atomic mass is 19.4. The van der Waals surface area contributed by atoms with Crippen molar-refractivity contribution in [3.8, 4) is 5.75 Å². The normalized spacial score (nSPS) is 31.9. The number of rotatable bonds is 7. The fourth-order valence-electron chi connectivity index (χ4n) is 7.96. The monoisotopic (exact) mass is 598 g/mol. The number of allylic oxidation sites excluding steroid dienone is 1. The summed E-state index contributed by atoms with van der Waals surface area (Å²) in [6.45, 7) is 1.50. The summed E-state index contributed by atoms with van der Waals surface area (Å²) >= 11 is 0. The van der Waals surface area contributed by atoms with E-state index in [1.165, 1.54) is 7.11 Å². The van der Waals surface area contributed by atoms with Gasteiger partial charge in [-0.25, -0.2) is 4.39 Å². The lowest BCUT2D eigenvalue weighted by atomic mass is 9.64. The van der Waals surface area contributed by atoms with Crippen molar-refractivity contribution in [1.29, 1.82) is 0 Å². The van der Waals surface area contributed by atoms with Crippen molar-refractivity contribution >= 4 is 17.5 Å². The second-order valence-corrected chi connectivity index (χ2v) is 12.8. The van der Waals surface area contributed by atoms with Gasteiger partial charge < -0.3 is 20.1 Å². The van der Waals surface area contributed by atoms with Crippen LogP contribution >= 0.6 is 0 Å². The Balaban J connectivity index is 1.16. The van der Waals surface area contributed by atoms with Crippen LogP contribution in [0.15, 0.2) is 48.0 Å². The van der Waals surface area contributed by atoms with E-state index in [4.69, 9.17) is 9.47 Å². The molecule has 5 fully saturated rings. The standard InChI is InChI=1S/C33H34F4N2O4/c1-42-28-9-4-17(22-12-18-14-43-15-25(18)22)11-24(28)31(40)39-30-21-7-6-20(23(21)10-16-2-3-16)29(30)32(41)38-19-5-8-27(34)26(13-19)33(35,36)37/h4-5,8-11,13,16,18,20-22,25,29-30H,2-3,6-7,12,14-15H2,1H3,(H,38,41)(H,39,40)/b23-10-/t18?,20-,21+,22?,25?,29-,30+/m0/s1. The van der Waals surface area contributed by atoms with Crippen LogP contribution in [0, 0.1) is 41.3 Å². The summed E-state index contributed by atoms with van der Waals surface area (Å²) in [4.78, 5) is 27.6. The first-order valence-corrected chi connectivity index (χ1v) is 15.1. The Morgan fingerprint density at radius 2 is 1.79 bits per heavy atom. The minimum Gasteiger partial charge on any atom is -0.496 e. The number of alkyl halides is 3. The summed E-state index contributed by atoms with van der Waals surface area (Å²) in [5.74, 6) is -0.859. The Labute approximate surface area is 247 Å². The van der Waals surface area contributed by atoms with Crippen LogP contribution in [0.4, 0.5) is 23.2 Å². The molecule has 43 heavy (non-hydrogen) atoms. The van der Waals surface area contributed by atoms with Gasteiger partial charge in [0.2, 0.25) is 5.91 Å². The smallest absolute Gasteiger partial charge is 0.419 e. The van der Waals surface area contributed by atoms with Gasteiger partial charge in [-0.05, 0) is 97.6 Å². The summed E-state index contributed by atoms with van der Waals surface area (Å²) in [6, 6.07) is 7.60. The number of benzene rings is 2. The van der Waals surface area contributed by atoms with Crippen LogP contribution in [0.2, 0.25) is 0 Å². The van der Waals surface area contributed by atoms with Crippen molar-refractivity contribution in [2.75, 3.05) is 25.6 Å². The highest BCUT2D eigenvalue weighted by Crippen LogP contribution is 2.55. The van der Waals surface area contributed by atoms with Crippen molar-refractivity contribution in [1.82, 2.24) is 5.32 Å². The molecule has 1 heterocycles. The molecule has 0 spiro atoms. The van der Waals surface area contributed by atoms with Gasteiger partial charge in [-0.3, -0.25) is 9.59 Å². The summed E-state index contributed by atoms with van der Waals surface area (Å²) < 4.78 is 65.1. The zero-order chi connectivity index (χ0) is 30.0. The second kappa shape index (κ2) is 10.6. The molecule has 1 aliphatic heterocycles. The van der Waals surface area contributed by atoms with Gasteiger partial charge in [0.15, 0.2) is 0 Å². The maximum absolute atomic E-state index is 13.9. The molecule has 4 saturated carbocycles. The van der Waals surface area contributed by atoms with Gasteiger partial charge in [-0.1, -0.05) is 17.7 Å². The Bertz CT molecular complexity index is 1490. The number of nitrogens with one attached hydrogen (secondary N) is 2. The summed E-state index contributed by atoms with van der Waals surface area (Å²) in [6.07, 6.45) is 2.11. The third kappa shape index (κ3) is 5.11. The lowest BCUT2D eigenvalue weighted by Crippen LogP contribution is -2.48. The first-order valence-electron chi connectivity index (χ1n) is 15.1. The molecule has 2 N–H and O–H groups in total. The molecule has 10 heteroatoms. The predicted octanol–water partition coefficient (Wildman–Crippen LogP) is 6.33. The van der Waals surface area contributed by atoms with Crippen molar-refractivity contribution in [2.45, 2.75) is 50.2 Å². The first-order chi connectivity index (χ1) is 20.6. The van der Waals surface area contributed by atoms with Crippen LogP contribution in [-0.4, -0.2) is 38.2 Å². The minimum atomic E-state index is -4.90. The third-order valence-electron chi connectivity index (χ3n) is 10.3. The van der Waals surface area contributed by atoms with E-state index in [0.717, 1.165) is 62.5 Å². The van der Waals surface area contributed by atoms with E-state index >= 15 is 0 Å². The van der Waals surface area contributed by atoms with Gasteiger partial charge >= 0.3 is 6.18 Å². The van der Waals surface area contributed by atoms with Gasteiger partial charge in [-0.2, -0.15) is 13.2 Å². The van der Waals surface area contributed by atoms with Crippen LogP contribution in [-0.2, 0) is 15.7 Å². The van der Waals surface area contributed by atoms with Gasteiger partial charge in [-0.15, -0.1) is 0 Å². The molecular weight excluding hydrogens is 564 g/mol. The zero-order valence-electron chi connectivity index (χ0n) is 23.8. The van der Waals surface area contributed by atoms with Crippen LogP contribution in [0.3, 0.4) is 0 Å². The van der Waals surface area contributed by atoms with E-state index in [9.17, 15) is 27.2 Å². The fourth-order valence-corrected chi connectivity index (χ4v) is 7.96. The molecule has 228 valence electrons. The number of carbonyl (C=O) groups excluding carboxylic acids is 2. The van der Waals surface area contributed by atoms with Gasteiger partial charge in [0.1, 0.15) is 11.6 Å². The molecule has 0 radical (unpaired) electrons. The van der Waals surface area contributed by atoms with Gasteiger partial charge in [0, 0.05) is 24.3 Å². The van der Waals surface area contributed by atoms with Crippen molar-refractivity contribution < 1.29 is 36.6 Å². The molecule has 3 unspecified atom stereocenters. The lowest BCUT2D eigenvalue weighted by molar-refractivity contribution is -0.140. The fraction of sp³-hybridized carbons (Fsp3) is 0.515. The molecule has 5 aliphatic rings. The lowest BCUT2D eigenvalue weighted by Gasteiger charge is -2.39. The average molecular weight is 599 g/mol. The molecule has 2 bridgehead atoms. The SMILES string of the molecule is COc1ccc(C2CC3COCC32)cc1C(=O)N[C@H]1[C@@H](C(=O)Nc2ccc(F)c(C(F)(F)F)c2)[C@H]2CC[C@@H]1/C2=C\C1CC1. The molecule has 7 atom stereocenters. The molecule has 0 aromatic heterocycles. The molecule has 7 rings (SSSR count). The van der Waals surface area contributed by atoms with Gasteiger partial charge in [0.25, 0.3) is 5.91 Å². The molecule has 2 aromatic carbocycles. The molecular formula is C33H34F4N2O4. The topological polar surface area (TPSA) is 76.7 Å². The number of hydrogen-bond acceptors (Lipinski definition) is 4. The molecule has 2 aromatic rings. The number of fused-ring (bicyclic) bond motifs is 3. The quantitative estimate of drug-likeness (QED) is 0.289. The summed E-state index contributed by atoms with van der Waals surface area (Å²) in [5, 5.41) is 5.75. The predicted molar refractivity (Wildman–Crippen MR) is 150 cm³/mol. The van der Waals surface area contributed by atoms with E-state index < -0.39 is 35.4 Å². The third-order valence-corrected chi connectivity index (χ3v) is 10.3. The first kappa shape index (κ1) is 28.4. The number of methoxy groups -OCH3 is 1. The maximum atomic E-state index is 13.9.